The summed E-state index contributed by atoms with van der Waals surface area (Å²) in [4.78, 5) is 108. The summed E-state index contributed by atoms with van der Waals surface area (Å²) in [6, 6.07) is 22.1. The van der Waals surface area contributed by atoms with Gasteiger partial charge in [-0.25, -0.2) is 34.5 Å². The maximum atomic E-state index is 12.4. The number of ether oxygens (including phenoxy) is 11. The van der Waals surface area contributed by atoms with Crippen LogP contribution >= 0.6 is 0 Å². The second-order valence-corrected chi connectivity index (χ2v) is 37.2. The van der Waals surface area contributed by atoms with Crippen molar-refractivity contribution in [3.05, 3.63) is 151 Å². The predicted molar refractivity (Wildman–Crippen MR) is 518 cm³/mol. The lowest BCUT2D eigenvalue weighted by molar-refractivity contribution is 0.0787. The Morgan fingerprint density at radius 2 is 0.715 bits per heavy atom. The van der Waals surface area contributed by atoms with Gasteiger partial charge in [0.05, 0.1) is 154 Å². The Morgan fingerprint density at radius 3 is 1.12 bits per heavy atom. The van der Waals surface area contributed by atoms with Crippen molar-refractivity contribution in [2.45, 2.75) is 196 Å². The number of alkyl carbamates (subject to hydrolysis) is 2. The van der Waals surface area contributed by atoms with Gasteiger partial charge in [0.1, 0.15) is 34.5 Å². The fourth-order valence-corrected chi connectivity index (χ4v) is 20.1. The predicted octanol–water partition coefficient (Wildman–Crippen LogP) is 12.2. The van der Waals surface area contributed by atoms with E-state index in [0.29, 0.717) is 81.2 Å². The Bertz CT molecular complexity index is 5380. The summed E-state index contributed by atoms with van der Waals surface area (Å²) >= 11 is 0. The molecule has 3 atom stereocenters. The number of morpholine rings is 4. The number of pyridine rings is 1. The molecule has 4 aliphatic carbocycles. The molecule has 7 saturated heterocycles. The topological polar surface area (TPSA) is 397 Å². The molecule has 728 valence electrons. The van der Waals surface area contributed by atoms with Gasteiger partial charge >= 0.3 is 12.2 Å². The van der Waals surface area contributed by atoms with E-state index < -0.39 is 0 Å². The second kappa shape index (κ2) is 47.9. The Labute approximate surface area is 798 Å². The molecule has 1 unspecified atom stereocenters. The molecule has 4 aromatic carbocycles. The number of fused-ring (bicyclic) bond motifs is 4. The quantitative estimate of drug-likeness (QED) is 0.0327. The van der Waals surface area contributed by atoms with Crippen molar-refractivity contribution in [3.63, 3.8) is 0 Å². The van der Waals surface area contributed by atoms with E-state index in [4.69, 9.17) is 52.1 Å². The van der Waals surface area contributed by atoms with Gasteiger partial charge in [-0.1, -0.05) is 0 Å². The van der Waals surface area contributed by atoms with Crippen molar-refractivity contribution >= 4 is 103 Å². The number of nitrogens with one attached hydrogen (secondary N) is 6. The van der Waals surface area contributed by atoms with Crippen LogP contribution in [-0.4, -0.2) is 285 Å². The van der Waals surface area contributed by atoms with Gasteiger partial charge in [0.2, 0.25) is 5.95 Å². The summed E-state index contributed by atoms with van der Waals surface area (Å²) in [5.41, 5.74) is 15.4. The molecule has 6 N–H and O–H groups in total. The molecular weight excluding hydrogens is 1750 g/mol. The molecule has 36 nitrogen and oxygen atoms in total. The normalized spacial score (nSPS) is 24.1. The van der Waals surface area contributed by atoms with E-state index in [1.165, 1.54) is 22.5 Å². The van der Waals surface area contributed by atoms with Crippen molar-refractivity contribution in [2.24, 2.45) is 11.8 Å². The lowest BCUT2D eigenvalue weighted by atomic mass is 9.82. The summed E-state index contributed by atoms with van der Waals surface area (Å²) in [6.45, 7) is 19.0. The van der Waals surface area contributed by atoms with Gasteiger partial charge < -0.3 is 104 Å². The molecule has 13 heterocycles. The van der Waals surface area contributed by atoms with Crippen LogP contribution in [0, 0.1) is 11.8 Å². The van der Waals surface area contributed by atoms with Gasteiger partial charge in [0, 0.05) is 199 Å². The van der Waals surface area contributed by atoms with Gasteiger partial charge in [-0.05, 0) is 207 Å². The third kappa shape index (κ3) is 26.5. The molecule has 36 heteroatoms. The van der Waals surface area contributed by atoms with Crippen LogP contribution in [0.1, 0.15) is 161 Å². The van der Waals surface area contributed by atoms with Crippen LogP contribution < -0.4 is 61.0 Å². The van der Waals surface area contributed by atoms with Crippen LogP contribution in [0.15, 0.2) is 129 Å². The Kier molecular flexibility index (Phi) is 33.3. The molecule has 10 aromatic rings. The van der Waals surface area contributed by atoms with Gasteiger partial charge in [-0.3, -0.25) is 39.5 Å². The number of nitrogens with zero attached hydrogens (tertiary/aromatic N) is 15. The van der Waals surface area contributed by atoms with Crippen LogP contribution in [0.3, 0.4) is 0 Å². The van der Waals surface area contributed by atoms with Crippen LogP contribution in [0.5, 0.6) is 11.5 Å². The zero-order valence-corrected chi connectivity index (χ0v) is 78.4. The van der Waals surface area contributed by atoms with Crippen molar-refractivity contribution < 1.29 is 71.3 Å². The number of amides is 4. The van der Waals surface area contributed by atoms with E-state index in [1.54, 1.807) is 68.2 Å². The highest BCUT2D eigenvalue weighted by molar-refractivity contribution is 5.95. The van der Waals surface area contributed by atoms with Crippen molar-refractivity contribution in [1.82, 2.24) is 76.1 Å². The first-order valence-corrected chi connectivity index (χ1v) is 49.6. The third-order valence-corrected chi connectivity index (χ3v) is 27.7. The number of carbonyl (C=O) groups is 4. The molecule has 6 aromatic heterocycles. The summed E-state index contributed by atoms with van der Waals surface area (Å²) in [6.07, 6.45) is 38.6. The van der Waals surface area contributed by atoms with E-state index in [1.807, 2.05) is 19.1 Å². The number of benzene rings is 4. The Balaban J connectivity index is 0.000000122. The van der Waals surface area contributed by atoms with E-state index >= 15 is 0 Å². The summed E-state index contributed by atoms with van der Waals surface area (Å²) in [5.74, 6) is 3.82. The van der Waals surface area contributed by atoms with Gasteiger partial charge in [-0.15, -0.1) is 0 Å². The molecule has 7 aliphatic heterocycles. The lowest BCUT2D eigenvalue weighted by Gasteiger charge is -2.31. The summed E-state index contributed by atoms with van der Waals surface area (Å²) in [7, 11) is 0. The van der Waals surface area contributed by atoms with Crippen molar-refractivity contribution in [3.8, 4) is 11.5 Å². The first-order valence-electron chi connectivity index (χ1n) is 49.6. The van der Waals surface area contributed by atoms with E-state index in [2.05, 4.69) is 155 Å². The molecule has 11 aliphatic rings. The number of anilines is 6. The highest BCUT2D eigenvalue weighted by Crippen LogP contribution is 2.39. The summed E-state index contributed by atoms with van der Waals surface area (Å²) < 4.78 is 61.5. The number of hydrogen-bond donors (Lipinski definition) is 6. The van der Waals surface area contributed by atoms with Gasteiger partial charge in [-0.2, -0.15) is 0 Å². The minimum absolute atomic E-state index is 0.0598. The SMILES string of the molecule is CCOC(=O)NC1CCC(Cc2cc(N3CCOCC3)cc3nccnc23)CC1.O=C(NC1CCC(Cc2cc(N3CCOCC3)cc3nccnc23)CC1)OC1CCOC1.O=C(N[C@@H]1CCOC1)c1cnc(NC2CCC(Oc3cc(N4CCOCC4)cc4nccnc34)CC2)nc1.O=C(N[C@H]1CCOC1)c1ccc(NC2CCC(Oc3cc(N4CCOCC4)cc4nccnc34)CC2)nc1. The number of hydrogen-bond acceptors (Lipinski definition) is 32. The Morgan fingerprint density at radius 1 is 0.336 bits per heavy atom. The minimum Gasteiger partial charge on any atom is -0.488 e. The average molecular weight is 1880 g/mol. The molecule has 4 amide bonds. The third-order valence-electron chi connectivity index (χ3n) is 27.7. The second-order valence-electron chi connectivity index (χ2n) is 37.2. The zero-order valence-electron chi connectivity index (χ0n) is 78.4. The first kappa shape index (κ1) is 95.4. The maximum Gasteiger partial charge on any atom is 0.407 e. The van der Waals surface area contributed by atoms with Gasteiger partial charge in [0.15, 0.2) is 0 Å². The molecule has 21 rings (SSSR count). The molecule has 137 heavy (non-hydrogen) atoms. The van der Waals surface area contributed by atoms with Crippen molar-refractivity contribution in [1.29, 1.82) is 0 Å². The fraction of sp³-hybridized carbons (Fsp3) is 0.554. The van der Waals surface area contributed by atoms with E-state index in [9.17, 15) is 19.2 Å². The minimum atomic E-state index is -0.302. The number of aromatic nitrogens is 11. The standard InChI is InChI=1S/C28H34N6O4.C27H33N7O4.C24H32N4O4.C22H30N4O3/c35-28(33-21-7-12-37-18-21)19-1-6-26(31-17-19)32-20-2-4-23(5-3-20)38-25-16-22(34-10-13-36-14-11-34)15-24-27(25)30-9-8-29-24;35-26(32-20-5-10-37-17-20)18-15-30-27(31-16-18)33-19-1-3-22(4-2-19)38-24-14-21(34-8-11-36-12-9-34)13-23-25(24)29-7-6-28-23;29-24(32-21-5-10-31-16-21)27-19-3-1-17(2-4-19)13-18-14-20(28-8-11-30-12-9-28)15-22-23(18)26-7-6-25-22;1-2-29-22(27)25-18-5-3-16(4-6-18)13-17-14-19(26-9-11-28-12-10-26)15-20-21(17)24-8-7-23-20/h1,6,8-9,15-17,20-21,23H,2-5,7,10-14,18H2,(H,31,32)(H,33,35);6-7,13-16,19-20,22H,1-5,8-12,17H2,(H,32,35)(H,30,31,33);6-7,14-15,17,19,21H,1-5,8-13,16H2,(H,27,29);7-8,14-16,18H,2-6,9-13H2,1H3,(H,25,27)/t20?,21-,23?;19?,20-,22?;;/m01../s1. The van der Waals surface area contributed by atoms with Gasteiger partial charge in [0.25, 0.3) is 11.8 Å². The molecule has 0 bridgehead atoms. The molecular formula is C101H129N21O15. The number of carbonyl (C=O) groups excluding carboxylic acids is 4. The van der Waals surface area contributed by atoms with E-state index in [0.717, 1.165) is 313 Å². The monoisotopic (exact) mass is 1880 g/mol. The highest BCUT2D eigenvalue weighted by Gasteiger charge is 2.33. The fourth-order valence-electron chi connectivity index (χ4n) is 20.1. The molecule has 0 radical (unpaired) electrons. The zero-order chi connectivity index (χ0) is 93.3. The maximum absolute atomic E-state index is 12.4. The lowest BCUT2D eigenvalue weighted by Crippen LogP contribution is -2.39. The smallest absolute Gasteiger partial charge is 0.407 e. The Hall–Kier alpha value is -11.9. The van der Waals surface area contributed by atoms with Crippen LogP contribution in [-0.2, 0) is 55.5 Å². The van der Waals surface area contributed by atoms with Crippen LogP contribution in [0.2, 0.25) is 0 Å². The molecule has 0 spiro atoms. The van der Waals surface area contributed by atoms with Crippen LogP contribution in [0.4, 0.5) is 44.1 Å². The van der Waals surface area contributed by atoms with E-state index in [-0.39, 0.29) is 72.5 Å². The number of rotatable bonds is 24. The van der Waals surface area contributed by atoms with Crippen molar-refractivity contribution in [2.75, 3.05) is 182 Å². The first-order chi connectivity index (χ1) is 67.4. The highest BCUT2D eigenvalue weighted by atomic mass is 16.6. The molecule has 4 saturated carbocycles. The average Bonchev–Trinajstić information content (AvgIpc) is 1.34. The summed E-state index contributed by atoms with van der Waals surface area (Å²) in [5, 5.41) is 18.9. The van der Waals surface area contributed by atoms with Crippen LogP contribution in [0.25, 0.3) is 44.1 Å². The largest absolute Gasteiger partial charge is 0.488 e. The molecule has 11 fully saturated rings.